The Balaban J connectivity index is 1.65. The van der Waals surface area contributed by atoms with Gasteiger partial charge >= 0.3 is 0 Å². The van der Waals surface area contributed by atoms with Gasteiger partial charge in [0.05, 0.1) is 0 Å². The second-order valence-corrected chi connectivity index (χ2v) is 7.71. The van der Waals surface area contributed by atoms with Crippen LogP contribution in [0.2, 0.25) is 0 Å². The van der Waals surface area contributed by atoms with Gasteiger partial charge in [-0.3, -0.25) is 4.99 Å². The highest BCUT2D eigenvalue weighted by Crippen LogP contribution is 2.36. The third kappa shape index (κ3) is 5.44. The summed E-state index contributed by atoms with van der Waals surface area (Å²) >= 11 is 2.06. The molecule has 1 atom stereocenters. The number of guanidine groups is 1. The molecule has 4 nitrogen and oxygen atoms in total. The molecule has 1 saturated heterocycles. The lowest BCUT2D eigenvalue weighted by molar-refractivity contribution is 0.475. The predicted molar refractivity (Wildman–Crippen MR) is 95.9 cm³/mol. The van der Waals surface area contributed by atoms with E-state index in [-0.39, 0.29) is 0 Å². The Morgan fingerprint density at radius 3 is 2.73 bits per heavy atom. The Morgan fingerprint density at radius 2 is 2.09 bits per heavy atom. The number of nitrogens with one attached hydrogen (secondary N) is 2. The first-order chi connectivity index (χ1) is 10.6. The van der Waals surface area contributed by atoms with Crippen LogP contribution in [0.15, 0.2) is 29.3 Å². The highest BCUT2D eigenvalue weighted by atomic mass is 32.2. The predicted octanol–water partition coefficient (Wildman–Crippen LogP) is 2.78. The van der Waals surface area contributed by atoms with Gasteiger partial charge in [-0.15, -0.1) is 0 Å². The van der Waals surface area contributed by atoms with Gasteiger partial charge in [-0.05, 0) is 56.1 Å². The van der Waals surface area contributed by atoms with E-state index < -0.39 is 0 Å². The van der Waals surface area contributed by atoms with Crippen molar-refractivity contribution in [2.45, 2.75) is 37.4 Å². The molecule has 0 aliphatic carbocycles. The van der Waals surface area contributed by atoms with Crippen LogP contribution >= 0.6 is 11.8 Å². The SMILES string of the molecule is CN=C(NCCCc1ccc(O)cc1)NCC1(C)CCCS1. The molecular formula is C17H27N3OS. The molecule has 0 aromatic heterocycles. The summed E-state index contributed by atoms with van der Waals surface area (Å²) in [4.78, 5) is 4.29. The first-order valence-electron chi connectivity index (χ1n) is 7.98. The van der Waals surface area contributed by atoms with E-state index in [4.69, 9.17) is 0 Å². The summed E-state index contributed by atoms with van der Waals surface area (Å²) in [5.74, 6) is 2.49. The van der Waals surface area contributed by atoms with Gasteiger partial charge < -0.3 is 15.7 Å². The quantitative estimate of drug-likeness (QED) is 0.428. The zero-order chi connectivity index (χ0) is 15.8. The molecule has 1 unspecified atom stereocenters. The number of nitrogens with zero attached hydrogens (tertiary/aromatic N) is 1. The fourth-order valence-electron chi connectivity index (χ4n) is 2.63. The summed E-state index contributed by atoms with van der Waals surface area (Å²) in [7, 11) is 1.82. The lowest BCUT2D eigenvalue weighted by atomic mass is 10.1. The van der Waals surface area contributed by atoms with E-state index in [0.29, 0.717) is 10.5 Å². The van der Waals surface area contributed by atoms with Crippen molar-refractivity contribution in [3.63, 3.8) is 0 Å². The molecule has 0 amide bonds. The van der Waals surface area contributed by atoms with Crippen LogP contribution in [-0.2, 0) is 6.42 Å². The number of aryl methyl sites for hydroxylation is 1. The molecule has 1 heterocycles. The molecule has 1 aliphatic heterocycles. The molecule has 0 spiro atoms. The summed E-state index contributed by atoms with van der Waals surface area (Å²) in [5, 5.41) is 16.1. The average Bonchev–Trinajstić information content (AvgIpc) is 2.95. The van der Waals surface area contributed by atoms with Crippen molar-refractivity contribution < 1.29 is 5.11 Å². The van der Waals surface area contributed by atoms with E-state index in [0.717, 1.165) is 31.9 Å². The molecule has 122 valence electrons. The van der Waals surface area contributed by atoms with Crippen LogP contribution in [0.5, 0.6) is 5.75 Å². The monoisotopic (exact) mass is 321 g/mol. The zero-order valence-corrected chi connectivity index (χ0v) is 14.4. The highest BCUT2D eigenvalue weighted by Gasteiger charge is 2.29. The maximum atomic E-state index is 9.26. The van der Waals surface area contributed by atoms with E-state index in [1.165, 1.54) is 24.2 Å². The van der Waals surface area contributed by atoms with Crippen LogP contribution in [0.1, 0.15) is 31.7 Å². The molecule has 5 heteroatoms. The molecule has 1 aromatic rings. The number of aliphatic imine (C=N–C) groups is 1. The van der Waals surface area contributed by atoms with Crippen LogP contribution in [0.4, 0.5) is 0 Å². The van der Waals surface area contributed by atoms with Crippen molar-refractivity contribution in [3.8, 4) is 5.75 Å². The van der Waals surface area contributed by atoms with Crippen molar-refractivity contribution in [3.05, 3.63) is 29.8 Å². The number of rotatable bonds is 6. The Bertz CT molecular complexity index is 481. The van der Waals surface area contributed by atoms with Crippen molar-refractivity contribution in [1.29, 1.82) is 0 Å². The fourth-order valence-corrected chi connectivity index (χ4v) is 3.87. The van der Waals surface area contributed by atoms with E-state index in [1.54, 1.807) is 12.1 Å². The second kappa shape index (κ2) is 8.32. The van der Waals surface area contributed by atoms with Crippen molar-refractivity contribution in [2.24, 2.45) is 4.99 Å². The average molecular weight is 321 g/mol. The van der Waals surface area contributed by atoms with Crippen LogP contribution in [0.3, 0.4) is 0 Å². The number of hydrogen-bond donors (Lipinski definition) is 3. The van der Waals surface area contributed by atoms with Crippen LogP contribution in [0.25, 0.3) is 0 Å². The number of phenols is 1. The third-order valence-corrected chi connectivity index (χ3v) is 5.56. The number of thioether (sulfide) groups is 1. The lowest BCUT2D eigenvalue weighted by Gasteiger charge is -2.24. The largest absolute Gasteiger partial charge is 0.508 e. The van der Waals surface area contributed by atoms with Gasteiger partial charge in [-0.25, -0.2) is 0 Å². The van der Waals surface area contributed by atoms with E-state index >= 15 is 0 Å². The normalized spacial score (nSPS) is 21.8. The van der Waals surface area contributed by atoms with E-state index in [1.807, 2.05) is 19.2 Å². The van der Waals surface area contributed by atoms with Crippen LogP contribution in [-0.4, -0.2) is 41.7 Å². The molecule has 1 fully saturated rings. The Morgan fingerprint density at radius 1 is 1.32 bits per heavy atom. The Hall–Kier alpha value is -1.36. The molecule has 1 aromatic carbocycles. The molecule has 1 aliphatic rings. The molecular weight excluding hydrogens is 294 g/mol. The first-order valence-corrected chi connectivity index (χ1v) is 8.96. The second-order valence-electron chi connectivity index (χ2n) is 6.02. The minimum absolute atomic E-state index is 0.324. The van der Waals surface area contributed by atoms with Crippen LogP contribution in [0, 0.1) is 0 Å². The summed E-state index contributed by atoms with van der Waals surface area (Å²) in [6.07, 6.45) is 4.64. The van der Waals surface area contributed by atoms with E-state index in [2.05, 4.69) is 34.3 Å². The fraction of sp³-hybridized carbons (Fsp3) is 0.588. The standard InChI is InChI=1S/C17H27N3OS/c1-17(10-4-12-22-17)13-20-16(18-2)19-11-3-5-14-6-8-15(21)9-7-14/h6-9,21H,3-5,10-13H2,1-2H3,(H2,18,19,20). The van der Waals surface area contributed by atoms with Crippen molar-refractivity contribution >= 4 is 17.7 Å². The minimum atomic E-state index is 0.324. The Kier molecular flexibility index (Phi) is 6.43. The van der Waals surface area contributed by atoms with Crippen molar-refractivity contribution in [2.75, 3.05) is 25.9 Å². The van der Waals surface area contributed by atoms with Crippen molar-refractivity contribution in [1.82, 2.24) is 10.6 Å². The van der Waals surface area contributed by atoms with Gasteiger partial charge in [0.25, 0.3) is 0 Å². The van der Waals surface area contributed by atoms with Gasteiger partial charge in [0.15, 0.2) is 5.96 Å². The first kappa shape index (κ1) is 17.0. The van der Waals surface area contributed by atoms with Gasteiger partial charge in [0.1, 0.15) is 5.75 Å². The van der Waals surface area contributed by atoms with Gasteiger partial charge in [0, 0.05) is 24.9 Å². The smallest absolute Gasteiger partial charge is 0.191 e. The van der Waals surface area contributed by atoms with Gasteiger partial charge in [-0.1, -0.05) is 12.1 Å². The maximum absolute atomic E-state index is 9.26. The summed E-state index contributed by atoms with van der Waals surface area (Å²) < 4.78 is 0.351. The molecule has 0 radical (unpaired) electrons. The number of hydrogen-bond acceptors (Lipinski definition) is 3. The summed E-state index contributed by atoms with van der Waals surface area (Å²) in [5.41, 5.74) is 1.25. The van der Waals surface area contributed by atoms with Gasteiger partial charge in [0.2, 0.25) is 0 Å². The molecule has 22 heavy (non-hydrogen) atoms. The summed E-state index contributed by atoms with van der Waals surface area (Å²) in [6, 6.07) is 7.42. The number of aromatic hydroxyl groups is 1. The number of phenolic OH excluding ortho intramolecular Hbond substituents is 1. The van der Waals surface area contributed by atoms with E-state index in [9.17, 15) is 5.11 Å². The minimum Gasteiger partial charge on any atom is -0.508 e. The maximum Gasteiger partial charge on any atom is 0.191 e. The molecule has 0 bridgehead atoms. The highest BCUT2D eigenvalue weighted by molar-refractivity contribution is 8.00. The Labute approximate surface area is 137 Å². The van der Waals surface area contributed by atoms with Crippen LogP contribution < -0.4 is 10.6 Å². The molecule has 3 N–H and O–H groups in total. The third-order valence-electron chi connectivity index (χ3n) is 4.02. The number of benzene rings is 1. The zero-order valence-electron chi connectivity index (χ0n) is 13.6. The summed E-state index contributed by atoms with van der Waals surface area (Å²) in [6.45, 7) is 4.19. The molecule has 2 rings (SSSR count). The lowest BCUT2D eigenvalue weighted by Crippen LogP contribution is -2.43. The van der Waals surface area contributed by atoms with Gasteiger partial charge in [-0.2, -0.15) is 11.8 Å². The molecule has 0 saturated carbocycles. The topological polar surface area (TPSA) is 56.7 Å².